The van der Waals surface area contributed by atoms with Crippen molar-refractivity contribution in [3.8, 4) is 0 Å². The fraction of sp³-hybridized carbons (Fsp3) is 0.667. The predicted octanol–water partition coefficient (Wildman–Crippen LogP) is 0.221. The molecule has 0 aromatic carbocycles. The van der Waals surface area contributed by atoms with E-state index in [2.05, 4.69) is 10.00 Å². The van der Waals surface area contributed by atoms with Crippen LogP contribution in [0, 0.1) is 18.3 Å². The first kappa shape index (κ1) is 12.9. The van der Waals surface area contributed by atoms with Crippen LogP contribution < -0.4 is 10.6 Å². The van der Waals surface area contributed by atoms with Crippen molar-refractivity contribution in [2.24, 2.45) is 18.7 Å². The number of hydrogen-bond acceptors (Lipinski definition) is 4. The fourth-order valence-electron chi connectivity index (χ4n) is 2.77. The highest BCUT2D eigenvalue weighted by Crippen LogP contribution is 2.29. The highest BCUT2D eigenvalue weighted by atomic mass is 16.3. The molecule has 0 aliphatic carbocycles. The molecule has 4 N–H and O–H groups in total. The van der Waals surface area contributed by atoms with E-state index in [9.17, 15) is 0 Å². The zero-order valence-corrected chi connectivity index (χ0v) is 11.0. The summed E-state index contributed by atoms with van der Waals surface area (Å²) in [6.07, 6.45) is 1.91. The molecule has 2 rings (SSSR count). The molecule has 1 aliphatic heterocycles. The van der Waals surface area contributed by atoms with Gasteiger partial charge in [-0.05, 0) is 25.7 Å². The van der Waals surface area contributed by atoms with Crippen LogP contribution in [-0.4, -0.2) is 40.4 Å². The number of anilines is 1. The number of nitrogen functional groups attached to an aromatic ring is 1. The van der Waals surface area contributed by atoms with Crippen LogP contribution in [0.25, 0.3) is 0 Å². The minimum atomic E-state index is 0.0706. The molecule has 1 unspecified atom stereocenters. The number of nitrogens with zero attached hydrogens (tertiary/aromatic N) is 3. The van der Waals surface area contributed by atoms with Gasteiger partial charge in [-0.1, -0.05) is 0 Å². The summed E-state index contributed by atoms with van der Waals surface area (Å²) in [6, 6.07) is 0. The van der Waals surface area contributed by atoms with Crippen molar-refractivity contribution < 1.29 is 5.11 Å². The van der Waals surface area contributed by atoms with E-state index in [1.54, 1.807) is 4.68 Å². The summed E-state index contributed by atoms with van der Waals surface area (Å²) in [7, 11) is 1.88. The Kier molecular flexibility index (Phi) is 3.56. The zero-order valence-electron chi connectivity index (χ0n) is 11.0. The lowest BCUT2D eigenvalue weighted by Crippen LogP contribution is -2.26. The van der Waals surface area contributed by atoms with Crippen LogP contribution >= 0.6 is 0 Å². The van der Waals surface area contributed by atoms with Crippen LogP contribution in [-0.2, 0) is 7.05 Å². The third-order valence-electron chi connectivity index (χ3n) is 3.58. The third-order valence-corrected chi connectivity index (χ3v) is 3.58. The van der Waals surface area contributed by atoms with E-state index in [1.807, 2.05) is 14.0 Å². The summed E-state index contributed by atoms with van der Waals surface area (Å²) >= 11 is 0. The lowest BCUT2D eigenvalue weighted by Gasteiger charge is -2.20. The molecule has 18 heavy (non-hydrogen) atoms. The van der Waals surface area contributed by atoms with Crippen molar-refractivity contribution in [2.45, 2.75) is 19.8 Å². The Morgan fingerprint density at radius 1 is 1.61 bits per heavy atom. The van der Waals surface area contributed by atoms with Crippen molar-refractivity contribution in [2.75, 3.05) is 24.6 Å². The molecule has 1 aromatic rings. The smallest absolute Gasteiger partial charge is 0.137 e. The molecule has 6 heteroatoms. The van der Waals surface area contributed by atoms with Gasteiger partial charge >= 0.3 is 0 Å². The maximum Gasteiger partial charge on any atom is 0.137 e. The average Bonchev–Trinajstić information content (AvgIpc) is 2.83. The second kappa shape index (κ2) is 4.97. The highest BCUT2D eigenvalue weighted by molar-refractivity contribution is 6.01. The number of nitrogens with two attached hydrogens (primary N) is 1. The number of aliphatic hydroxyl groups is 1. The largest absolute Gasteiger partial charge is 0.396 e. The molecule has 0 radical (unpaired) electrons. The van der Waals surface area contributed by atoms with Gasteiger partial charge in [0.15, 0.2) is 0 Å². The van der Waals surface area contributed by atoms with Crippen LogP contribution in [0.4, 0.5) is 5.82 Å². The Morgan fingerprint density at radius 2 is 2.33 bits per heavy atom. The summed E-state index contributed by atoms with van der Waals surface area (Å²) in [5.74, 6) is 1.52. The van der Waals surface area contributed by atoms with Crippen molar-refractivity contribution in [1.29, 1.82) is 5.41 Å². The molecular formula is C12H21N5O. The summed E-state index contributed by atoms with van der Waals surface area (Å²) in [6.45, 7) is 3.95. The van der Waals surface area contributed by atoms with Gasteiger partial charge in [0.2, 0.25) is 0 Å². The van der Waals surface area contributed by atoms with Crippen LogP contribution in [0.5, 0.6) is 0 Å². The van der Waals surface area contributed by atoms with Crippen molar-refractivity contribution >= 4 is 11.7 Å². The van der Waals surface area contributed by atoms with Crippen molar-refractivity contribution in [3.63, 3.8) is 0 Å². The number of aryl methyl sites for hydroxylation is 2. The second-order valence-corrected chi connectivity index (χ2v) is 4.93. The lowest BCUT2D eigenvalue weighted by molar-refractivity contribution is 0.263. The number of nitrogens with one attached hydrogen (secondary N) is 1. The van der Waals surface area contributed by atoms with Gasteiger partial charge in [-0.15, -0.1) is 0 Å². The van der Waals surface area contributed by atoms with E-state index in [1.165, 1.54) is 0 Å². The maximum atomic E-state index is 8.99. The Labute approximate surface area is 107 Å². The van der Waals surface area contributed by atoms with Gasteiger partial charge in [-0.2, -0.15) is 5.10 Å². The van der Waals surface area contributed by atoms with Gasteiger partial charge < -0.3 is 15.7 Å². The molecule has 0 bridgehead atoms. The number of aromatic nitrogens is 2. The van der Waals surface area contributed by atoms with Gasteiger partial charge in [0, 0.05) is 26.7 Å². The molecule has 6 nitrogen and oxygen atoms in total. The highest BCUT2D eigenvalue weighted by Gasteiger charge is 2.28. The van der Waals surface area contributed by atoms with E-state index < -0.39 is 0 Å². The average molecular weight is 251 g/mol. The van der Waals surface area contributed by atoms with E-state index in [-0.39, 0.29) is 12.4 Å². The topological polar surface area (TPSA) is 91.2 Å². The fourth-order valence-corrected chi connectivity index (χ4v) is 2.77. The van der Waals surface area contributed by atoms with Gasteiger partial charge in [-0.25, -0.2) is 0 Å². The first-order valence-electron chi connectivity index (χ1n) is 6.28. The maximum absolute atomic E-state index is 8.99. The monoisotopic (exact) mass is 251 g/mol. The van der Waals surface area contributed by atoms with Gasteiger partial charge in [0.05, 0.1) is 11.3 Å². The molecule has 1 fully saturated rings. The molecule has 100 valence electrons. The summed E-state index contributed by atoms with van der Waals surface area (Å²) in [5, 5.41) is 21.0. The van der Waals surface area contributed by atoms with E-state index in [0.717, 1.165) is 43.0 Å². The SMILES string of the molecule is Cc1nn(C)c(N2CCC(CCO)C2)c1C(=N)N. The Morgan fingerprint density at radius 3 is 2.94 bits per heavy atom. The number of rotatable bonds is 4. The Hall–Kier alpha value is -1.56. The number of amidine groups is 1. The van der Waals surface area contributed by atoms with Crippen molar-refractivity contribution in [3.05, 3.63) is 11.3 Å². The predicted molar refractivity (Wildman–Crippen MR) is 71.0 cm³/mol. The third kappa shape index (κ3) is 2.20. The Balaban J connectivity index is 2.26. The summed E-state index contributed by atoms with van der Waals surface area (Å²) in [4.78, 5) is 2.22. The molecular weight excluding hydrogens is 230 g/mol. The normalized spacial score (nSPS) is 19.5. The van der Waals surface area contributed by atoms with Crippen molar-refractivity contribution in [1.82, 2.24) is 9.78 Å². The van der Waals surface area contributed by atoms with E-state index in [0.29, 0.717) is 5.92 Å². The minimum absolute atomic E-state index is 0.0706. The standard InChI is InChI=1S/C12H21N5O/c1-8-10(11(13)14)12(16(2)15-8)17-5-3-9(7-17)4-6-18/h9,18H,3-7H2,1-2H3,(H3,13,14). The minimum Gasteiger partial charge on any atom is -0.396 e. The van der Waals surface area contributed by atoms with Crippen LogP contribution in [0.15, 0.2) is 0 Å². The molecule has 1 aromatic heterocycles. The molecule has 1 atom stereocenters. The van der Waals surface area contributed by atoms with Crippen LogP contribution in [0.1, 0.15) is 24.1 Å². The van der Waals surface area contributed by atoms with Crippen LogP contribution in [0.2, 0.25) is 0 Å². The molecule has 1 aliphatic rings. The van der Waals surface area contributed by atoms with Gasteiger partial charge in [0.25, 0.3) is 0 Å². The summed E-state index contributed by atoms with van der Waals surface area (Å²) in [5.41, 5.74) is 7.19. The summed E-state index contributed by atoms with van der Waals surface area (Å²) < 4.78 is 1.80. The number of aliphatic hydroxyl groups excluding tert-OH is 1. The molecule has 1 saturated heterocycles. The first-order chi connectivity index (χ1) is 8.54. The van der Waals surface area contributed by atoms with Crippen LogP contribution in [0.3, 0.4) is 0 Å². The molecule has 2 heterocycles. The van der Waals surface area contributed by atoms with Gasteiger partial charge in [-0.3, -0.25) is 10.1 Å². The first-order valence-corrected chi connectivity index (χ1v) is 6.28. The van der Waals surface area contributed by atoms with E-state index in [4.69, 9.17) is 16.2 Å². The number of hydrogen-bond donors (Lipinski definition) is 3. The molecule has 0 spiro atoms. The quantitative estimate of drug-likeness (QED) is 0.527. The second-order valence-electron chi connectivity index (χ2n) is 4.93. The zero-order chi connectivity index (χ0) is 13.3. The molecule has 0 saturated carbocycles. The van der Waals surface area contributed by atoms with Gasteiger partial charge in [0.1, 0.15) is 11.7 Å². The Bertz CT molecular complexity index is 454. The molecule has 0 amide bonds. The lowest BCUT2D eigenvalue weighted by atomic mass is 10.1. The van der Waals surface area contributed by atoms with E-state index >= 15 is 0 Å².